The van der Waals surface area contributed by atoms with Gasteiger partial charge in [0.15, 0.2) is 0 Å². The van der Waals surface area contributed by atoms with E-state index in [9.17, 15) is 0 Å². The first kappa shape index (κ1) is 13.7. The fraction of sp³-hybridized carbons (Fsp3) is 0.636. The number of nitrogen functional groups attached to an aromatic ring is 1. The molecule has 0 radical (unpaired) electrons. The van der Waals surface area contributed by atoms with Gasteiger partial charge in [-0.1, -0.05) is 6.92 Å². The van der Waals surface area contributed by atoms with Gasteiger partial charge in [-0.05, 0) is 21.0 Å². The molecule has 1 aromatic rings. The Labute approximate surface area is 103 Å². The standard InChI is InChI=1S/C11H22N6/c1-5-9-14-10(6-11(15-9)16-12)13-7-8(2)17(3)4/h6,8H,5,7,12H2,1-4H3,(H2,13,14,15,16). The maximum Gasteiger partial charge on any atom is 0.145 e. The minimum Gasteiger partial charge on any atom is -0.368 e. The number of nitrogens with zero attached hydrogens (tertiary/aromatic N) is 3. The van der Waals surface area contributed by atoms with Crippen molar-refractivity contribution in [2.75, 3.05) is 31.4 Å². The summed E-state index contributed by atoms with van der Waals surface area (Å²) in [6, 6.07) is 2.24. The highest BCUT2D eigenvalue weighted by atomic mass is 15.3. The van der Waals surface area contributed by atoms with Crippen molar-refractivity contribution < 1.29 is 0 Å². The zero-order chi connectivity index (χ0) is 12.8. The highest BCUT2D eigenvalue weighted by molar-refractivity contribution is 5.46. The summed E-state index contributed by atoms with van der Waals surface area (Å²) in [5.41, 5.74) is 2.55. The molecule has 1 aromatic heterocycles. The van der Waals surface area contributed by atoms with Crippen LogP contribution in [0.4, 0.5) is 11.6 Å². The van der Waals surface area contributed by atoms with Crippen LogP contribution in [0.25, 0.3) is 0 Å². The molecule has 0 amide bonds. The van der Waals surface area contributed by atoms with Gasteiger partial charge in [-0.25, -0.2) is 15.8 Å². The molecule has 0 aromatic carbocycles. The van der Waals surface area contributed by atoms with E-state index in [0.717, 1.165) is 24.6 Å². The van der Waals surface area contributed by atoms with Crippen LogP contribution < -0.4 is 16.6 Å². The zero-order valence-electron chi connectivity index (χ0n) is 11.0. The Kier molecular flexibility index (Phi) is 5.11. The van der Waals surface area contributed by atoms with Crippen molar-refractivity contribution >= 4 is 11.6 Å². The van der Waals surface area contributed by atoms with Crippen LogP contribution in [-0.4, -0.2) is 41.5 Å². The van der Waals surface area contributed by atoms with Gasteiger partial charge in [-0.15, -0.1) is 0 Å². The average Bonchev–Trinajstić information content (AvgIpc) is 2.35. The molecule has 4 N–H and O–H groups in total. The van der Waals surface area contributed by atoms with Crippen LogP contribution in [0.3, 0.4) is 0 Å². The molecule has 0 saturated carbocycles. The lowest BCUT2D eigenvalue weighted by Crippen LogP contribution is -2.31. The highest BCUT2D eigenvalue weighted by Crippen LogP contribution is 2.11. The maximum atomic E-state index is 5.37. The van der Waals surface area contributed by atoms with Crippen LogP contribution in [0.15, 0.2) is 6.07 Å². The van der Waals surface area contributed by atoms with Crippen molar-refractivity contribution in [1.82, 2.24) is 14.9 Å². The molecule has 0 bridgehead atoms. The summed E-state index contributed by atoms with van der Waals surface area (Å²) in [7, 11) is 4.10. The molecule has 0 spiro atoms. The molecular formula is C11H22N6. The number of hydrogen-bond donors (Lipinski definition) is 3. The van der Waals surface area contributed by atoms with E-state index in [1.807, 2.05) is 13.0 Å². The summed E-state index contributed by atoms with van der Waals surface area (Å²) < 4.78 is 0. The quantitative estimate of drug-likeness (QED) is 0.500. The predicted molar refractivity (Wildman–Crippen MR) is 70.9 cm³/mol. The largest absolute Gasteiger partial charge is 0.368 e. The van der Waals surface area contributed by atoms with E-state index in [0.29, 0.717) is 11.9 Å². The van der Waals surface area contributed by atoms with E-state index in [1.54, 1.807) is 0 Å². The van der Waals surface area contributed by atoms with Crippen molar-refractivity contribution in [2.45, 2.75) is 26.3 Å². The monoisotopic (exact) mass is 238 g/mol. The molecule has 96 valence electrons. The van der Waals surface area contributed by atoms with Crippen molar-refractivity contribution in [3.8, 4) is 0 Å². The van der Waals surface area contributed by atoms with Gasteiger partial charge in [-0.2, -0.15) is 0 Å². The van der Waals surface area contributed by atoms with Crippen molar-refractivity contribution in [3.05, 3.63) is 11.9 Å². The molecule has 1 atom stereocenters. The summed E-state index contributed by atoms with van der Waals surface area (Å²) in [6.07, 6.45) is 0.785. The average molecular weight is 238 g/mol. The number of likely N-dealkylation sites (N-methyl/N-ethyl adjacent to an activating group) is 1. The van der Waals surface area contributed by atoms with Gasteiger partial charge < -0.3 is 15.6 Å². The zero-order valence-corrected chi connectivity index (χ0v) is 11.0. The Hall–Kier alpha value is -1.40. The van der Waals surface area contributed by atoms with Crippen molar-refractivity contribution in [2.24, 2.45) is 5.84 Å². The SMILES string of the molecule is CCc1nc(NN)cc(NCC(C)N(C)C)n1. The van der Waals surface area contributed by atoms with Crippen LogP contribution >= 0.6 is 0 Å². The number of rotatable bonds is 6. The summed E-state index contributed by atoms with van der Waals surface area (Å²) in [6.45, 7) is 5.00. The number of anilines is 2. The lowest BCUT2D eigenvalue weighted by molar-refractivity contribution is 0.326. The van der Waals surface area contributed by atoms with E-state index in [-0.39, 0.29) is 0 Å². The Balaban J connectivity index is 2.70. The third-order valence-corrected chi connectivity index (χ3v) is 2.70. The molecule has 0 fully saturated rings. The van der Waals surface area contributed by atoms with Crippen LogP contribution in [0.2, 0.25) is 0 Å². The molecule has 17 heavy (non-hydrogen) atoms. The maximum absolute atomic E-state index is 5.37. The molecule has 0 saturated heterocycles. The minimum absolute atomic E-state index is 0.435. The van der Waals surface area contributed by atoms with Crippen LogP contribution in [0.5, 0.6) is 0 Å². The summed E-state index contributed by atoms with van der Waals surface area (Å²) >= 11 is 0. The molecular weight excluding hydrogens is 216 g/mol. The summed E-state index contributed by atoms with van der Waals surface area (Å²) in [4.78, 5) is 10.8. The fourth-order valence-electron chi connectivity index (χ4n) is 1.25. The molecule has 1 unspecified atom stereocenters. The van der Waals surface area contributed by atoms with Gasteiger partial charge in [0.2, 0.25) is 0 Å². The Morgan fingerprint density at radius 1 is 1.35 bits per heavy atom. The van der Waals surface area contributed by atoms with Crippen LogP contribution in [0.1, 0.15) is 19.7 Å². The van der Waals surface area contributed by atoms with E-state index in [2.05, 4.69) is 46.6 Å². The van der Waals surface area contributed by atoms with Crippen molar-refractivity contribution in [3.63, 3.8) is 0 Å². The molecule has 6 heteroatoms. The second-order valence-electron chi connectivity index (χ2n) is 4.25. The molecule has 1 rings (SSSR count). The normalized spacial score (nSPS) is 12.6. The fourth-order valence-corrected chi connectivity index (χ4v) is 1.25. The summed E-state index contributed by atoms with van der Waals surface area (Å²) in [5, 5.41) is 3.29. The Morgan fingerprint density at radius 3 is 2.53 bits per heavy atom. The number of nitrogens with two attached hydrogens (primary N) is 1. The number of hydrazine groups is 1. The first-order chi connectivity index (χ1) is 8.06. The number of aryl methyl sites for hydroxylation is 1. The lowest BCUT2D eigenvalue weighted by Gasteiger charge is -2.20. The smallest absolute Gasteiger partial charge is 0.145 e. The molecule has 6 nitrogen and oxygen atoms in total. The summed E-state index contributed by atoms with van der Waals surface area (Å²) in [5.74, 6) is 7.59. The lowest BCUT2D eigenvalue weighted by atomic mass is 10.3. The van der Waals surface area contributed by atoms with E-state index < -0.39 is 0 Å². The number of hydrogen-bond acceptors (Lipinski definition) is 6. The first-order valence-corrected chi connectivity index (χ1v) is 5.81. The van der Waals surface area contributed by atoms with Gasteiger partial charge in [-0.3, -0.25) is 0 Å². The van der Waals surface area contributed by atoms with Gasteiger partial charge in [0, 0.05) is 25.1 Å². The molecule has 0 aliphatic rings. The molecule has 0 aliphatic carbocycles. The predicted octanol–water partition coefficient (Wildman–Crippen LogP) is 0.687. The van der Waals surface area contributed by atoms with E-state index in [1.165, 1.54) is 0 Å². The third-order valence-electron chi connectivity index (χ3n) is 2.70. The van der Waals surface area contributed by atoms with Crippen LogP contribution in [-0.2, 0) is 6.42 Å². The Bertz CT molecular complexity index is 330. The van der Waals surface area contributed by atoms with Gasteiger partial charge in [0.05, 0.1) is 0 Å². The van der Waals surface area contributed by atoms with Crippen LogP contribution in [0, 0.1) is 0 Å². The second kappa shape index (κ2) is 6.36. The number of nitrogens with one attached hydrogen (secondary N) is 2. The molecule has 1 heterocycles. The van der Waals surface area contributed by atoms with Crippen molar-refractivity contribution in [1.29, 1.82) is 0 Å². The van der Waals surface area contributed by atoms with Gasteiger partial charge in [0.1, 0.15) is 17.5 Å². The minimum atomic E-state index is 0.435. The second-order valence-corrected chi connectivity index (χ2v) is 4.25. The number of aromatic nitrogens is 2. The van der Waals surface area contributed by atoms with Gasteiger partial charge >= 0.3 is 0 Å². The highest BCUT2D eigenvalue weighted by Gasteiger charge is 2.06. The molecule has 0 aliphatic heterocycles. The third kappa shape index (κ3) is 4.16. The Morgan fingerprint density at radius 2 is 2.00 bits per heavy atom. The first-order valence-electron chi connectivity index (χ1n) is 5.81. The van der Waals surface area contributed by atoms with E-state index >= 15 is 0 Å². The topological polar surface area (TPSA) is 79.1 Å². The van der Waals surface area contributed by atoms with Gasteiger partial charge in [0.25, 0.3) is 0 Å². The van der Waals surface area contributed by atoms with E-state index in [4.69, 9.17) is 5.84 Å².